The summed E-state index contributed by atoms with van der Waals surface area (Å²) in [5, 5.41) is 4.86. The molecule has 7 heteroatoms. The summed E-state index contributed by atoms with van der Waals surface area (Å²) in [6.45, 7) is 0.925. The second-order valence-corrected chi connectivity index (χ2v) is 9.46. The lowest BCUT2D eigenvalue weighted by Gasteiger charge is -2.20. The molecule has 1 aromatic heterocycles. The SMILES string of the molecule is O=C(NCCc1cccs1)c1cccc(S(=O)(=O)N2CCc3ccccc32)c1. The molecule has 5 nitrogen and oxygen atoms in total. The van der Waals surface area contributed by atoms with E-state index in [2.05, 4.69) is 5.32 Å². The van der Waals surface area contributed by atoms with Crippen LogP contribution in [0.1, 0.15) is 20.8 Å². The van der Waals surface area contributed by atoms with Crippen molar-refractivity contribution in [3.05, 3.63) is 82.0 Å². The number of hydrogen-bond acceptors (Lipinski definition) is 4. The molecule has 144 valence electrons. The monoisotopic (exact) mass is 412 g/mol. The predicted molar refractivity (Wildman–Crippen MR) is 111 cm³/mol. The van der Waals surface area contributed by atoms with Gasteiger partial charge in [-0.05, 0) is 54.1 Å². The lowest BCUT2D eigenvalue weighted by atomic mass is 10.2. The van der Waals surface area contributed by atoms with Crippen molar-refractivity contribution in [2.45, 2.75) is 17.7 Å². The van der Waals surface area contributed by atoms with Crippen molar-refractivity contribution in [2.75, 3.05) is 17.4 Å². The molecule has 1 aliphatic rings. The summed E-state index contributed by atoms with van der Waals surface area (Å²) in [6.07, 6.45) is 1.45. The first-order valence-corrected chi connectivity index (χ1v) is 11.4. The van der Waals surface area contributed by atoms with Gasteiger partial charge in [-0.1, -0.05) is 30.3 Å². The lowest BCUT2D eigenvalue weighted by Crippen LogP contribution is -2.30. The molecule has 2 heterocycles. The number of nitrogens with one attached hydrogen (secondary N) is 1. The number of benzene rings is 2. The van der Waals surface area contributed by atoms with Crippen molar-refractivity contribution in [1.29, 1.82) is 0 Å². The lowest BCUT2D eigenvalue weighted by molar-refractivity contribution is 0.0954. The van der Waals surface area contributed by atoms with Gasteiger partial charge in [0.15, 0.2) is 0 Å². The van der Waals surface area contributed by atoms with E-state index in [9.17, 15) is 13.2 Å². The number of carbonyl (C=O) groups is 1. The highest BCUT2D eigenvalue weighted by atomic mass is 32.2. The molecular formula is C21H20N2O3S2. The molecule has 0 saturated carbocycles. The number of rotatable bonds is 6. The van der Waals surface area contributed by atoms with E-state index < -0.39 is 10.0 Å². The smallest absolute Gasteiger partial charge is 0.264 e. The Morgan fingerprint density at radius 2 is 1.93 bits per heavy atom. The van der Waals surface area contributed by atoms with Crippen LogP contribution in [-0.2, 0) is 22.9 Å². The predicted octanol–water partition coefficient (Wildman–Crippen LogP) is 3.47. The summed E-state index contributed by atoms with van der Waals surface area (Å²) in [6, 6.07) is 17.8. The first-order valence-electron chi connectivity index (χ1n) is 9.07. The van der Waals surface area contributed by atoms with Crippen LogP contribution in [0.4, 0.5) is 5.69 Å². The number of carbonyl (C=O) groups excluding carboxylic acids is 1. The fourth-order valence-corrected chi connectivity index (χ4v) is 5.60. The van der Waals surface area contributed by atoms with Crippen LogP contribution in [0.3, 0.4) is 0 Å². The van der Waals surface area contributed by atoms with Crippen LogP contribution in [0.2, 0.25) is 0 Å². The Labute approximate surface area is 168 Å². The number of anilines is 1. The topological polar surface area (TPSA) is 66.5 Å². The van der Waals surface area contributed by atoms with Gasteiger partial charge in [0.2, 0.25) is 0 Å². The normalized spacial score (nSPS) is 13.4. The van der Waals surface area contributed by atoms with Gasteiger partial charge in [-0.15, -0.1) is 11.3 Å². The molecule has 0 unspecified atom stereocenters. The second kappa shape index (κ2) is 7.77. The minimum atomic E-state index is -3.71. The highest BCUT2D eigenvalue weighted by Crippen LogP contribution is 2.32. The number of hydrogen-bond donors (Lipinski definition) is 1. The van der Waals surface area contributed by atoms with Crippen molar-refractivity contribution in [1.82, 2.24) is 5.32 Å². The van der Waals surface area contributed by atoms with Crippen LogP contribution in [0.15, 0.2) is 70.9 Å². The third-order valence-electron chi connectivity index (χ3n) is 4.77. The molecule has 0 atom stereocenters. The molecule has 1 amide bonds. The van der Waals surface area contributed by atoms with Gasteiger partial charge in [-0.3, -0.25) is 9.10 Å². The summed E-state index contributed by atoms with van der Waals surface area (Å²) in [4.78, 5) is 13.8. The minimum Gasteiger partial charge on any atom is -0.352 e. The molecule has 1 aliphatic heterocycles. The molecule has 1 N–H and O–H groups in total. The van der Waals surface area contributed by atoms with E-state index in [0.29, 0.717) is 30.8 Å². The maximum Gasteiger partial charge on any atom is 0.264 e. The number of amides is 1. The summed E-state index contributed by atoms with van der Waals surface area (Å²) in [7, 11) is -3.71. The summed E-state index contributed by atoms with van der Waals surface area (Å²) < 4.78 is 27.7. The second-order valence-electron chi connectivity index (χ2n) is 6.57. The molecule has 0 spiro atoms. The zero-order valence-corrected chi connectivity index (χ0v) is 16.8. The highest BCUT2D eigenvalue weighted by Gasteiger charge is 2.30. The summed E-state index contributed by atoms with van der Waals surface area (Å²) in [5.41, 5.74) is 2.08. The van der Waals surface area contributed by atoms with Crippen LogP contribution < -0.4 is 9.62 Å². The van der Waals surface area contributed by atoms with Gasteiger partial charge >= 0.3 is 0 Å². The van der Waals surface area contributed by atoms with E-state index in [4.69, 9.17) is 0 Å². The average molecular weight is 413 g/mol. The molecule has 0 fully saturated rings. The zero-order valence-electron chi connectivity index (χ0n) is 15.2. The Kier molecular flexibility index (Phi) is 5.19. The number of fused-ring (bicyclic) bond motifs is 1. The molecule has 0 saturated heterocycles. The van der Waals surface area contributed by atoms with E-state index in [-0.39, 0.29) is 10.8 Å². The van der Waals surface area contributed by atoms with Crippen LogP contribution in [0, 0.1) is 0 Å². The largest absolute Gasteiger partial charge is 0.352 e. The fraction of sp³-hybridized carbons (Fsp3) is 0.190. The number of sulfonamides is 1. The summed E-state index contributed by atoms with van der Waals surface area (Å²) >= 11 is 1.65. The Morgan fingerprint density at radius 3 is 2.75 bits per heavy atom. The van der Waals surface area contributed by atoms with E-state index in [1.807, 2.05) is 41.8 Å². The van der Waals surface area contributed by atoms with Gasteiger partial charge in [-0.2, -0.15) is 0 Å². The number of nitrogens with zero attached hydrogens (tertiary/aromatic N) is 1. The number of thiophene rings is 1. The van der Waals surface area contributed by atoms with Gasteiger partial charge in [0.1, 0.15) is 0 Å². The van der Waals surface area contributed by atoms with Crippen molar-refractivity contribution in [2.24, 2.45) is 0 Å². The Morgan fingerprint density at radius 1 is 1.07 bits per heavy atom. The quantitative estimate of drug-likeness (QED) is 0.674. The first kappa shape index (κ1) is 18.7. The van der Waals surface area contributed by atoms with Crippen molar-refractivity contribution in [3.63, 3.8) is 0 Å². The van der Waals surface area contributed by atoms with Crippen molar-refractivity contribution in [3.8, 4) is 0 Å². The van der Waals surface area contributed by atoms with Crippen molar-refractivity contribution >= 4 is 33.0 Å². The third-order valence-corrected chi connectivity index (χ3v) is 7.51. The minimum absolute atomic E-state index is 0.134. The molecular weight excluding hydrogens is 392 g/mol. The Bertz CT molecular complexity index is 1090. The van der Waals surface area contributed by atoms with Crippen LogP contribution in [0.5, 0.6) is 0 Å². The Hall–Kier alpha value is -2.64. The van der Waals surface area contributed by atoms with Gasteiger partial charge in [0.25, 0.3) is 15.9 Å². The van der Waals surface area contributed by atoms with Crippen LogP contribution in [0.25, 0.3) is 0 Å². The van der Waals surface area contributed by atoms with Gasteiger partial charge in [0, 0.05) is 23.5 Å². The Balaban J connectivity index is 1.51. The average Bonchev–Trinajstić information content (AvgIpc) is 3.38. The molecule has 2 aromatic carbocycles. The number of para-hydroxylation sites is 1. The molecule has 0 bridgehead atoms. The van der Waals surface area contributed by atoms with Gasteiger partial charge < -0.3 is 5.32 Å². The van der Waals surface area contributed by atoms with E-state index >= 15 is 0 Å². The van der Waals surface area contributed by atoms with E-state index in [1.54, 1.807) is 29.5 Å². The maximum absolute atomic E-state index is 13.1. The molecule has 28 heavy (non-hydrogen) atoms. The summed E-state index contributed by atoms with van der Waals surface area (Å²) in [5.74, 6) is -0.268. The van der Waals surface area contributed by atoms with E-state index in [1.165, 1.54) is 15.2 Å². The highest BCUT2D eigenvalue weighted by molar-refractivity contribution is 7.92. The zero-order chi connectivity index (χ0) is 19.6. The van der Waals surface area contributed by atoms with Crippen LogP contribution in [-0.4, -0.2) is 27.4 Å². The molecule has 3 aromatic rings. The standard InChI is InChI=1S/C21H20N2O3S2/c24-21(22-12-10-18-7-4-14-27-18)17-6-3-8-19(15-17)28(25,26)23-13-11-16-5-1-2-9-20(16)23/h1-9,14-15H,10-13H2,(H,22,24). The maximum atomic E-state index is 13.1. The fourth-order valence-electron chi connectivity index (χ4n) is 3.34. The first-order chi connectivity index (χ1) is 13.6. The van der Waals surface area contributed by atoms with Crippen LogP contribution >= 0.6 is 11.3 Å². The molecule has 0 radical (unpaired) electrons. The van der Waals surface area contributed by atoms with Gasteiger partial charge in [-0.25, -0.2) is 8.42 Å². The van der Waals surface area contributed by atoms with E-state index in [0.717, 1.165) is 12.0 Å². The van der Waals surface area contributed by atoms with Gasteiger partial charge in [0.05, 0.1) is 10.6 Å². The molecule has 0 aliphatic carbocycles. The van der Waals surface area contributed by atoms with Crippen molar-refractivity contribution < 1.29 is 13.2 Å². The third kappa shape index (κ3) is 3.68. The molecule has 4 rings (SSSR count).